The summed E-state index contributed by atoms with van der Waals surface area (Å²) >= 11 is 0. The third kappa shape index (κ3) is 4.26. The van der Waals surface area contributed by atoms with Gasteiger partial charge in [0.05, 0.1) is 5.41 Å². The highest BCUT2D eigenvalue weighted by atomic mass is 16.5. The van der Waals surface area contributed by atoms with E-state index in [2.05, 4.69) is 79.7 Å². The fraction of sp³-hybridized carbons (Fsp3) is 0.360. The van der Waals surface area contributed by atoms with Crippen LogP contribution in [0.25, 0.3) is 6.08 Å². The maximum Gasteiger partial charge on any atom is 0.298 e. The lowest BCUT2D eigenvalue weighted by molar-refractivity contribution is -0.445. The smallest absolute Gasteiger partial charge is 0.298 e. The van der Waals surface area contributed by atoms with Gasteiger partial charge in [-0.2, -0.15) is 4.58 Å². The largest absolute Gasteiger partial charge is 0.429 e. The van der Waals surface area contributed by atoms with E-state index in [1.165, 1.54) is 28.2 Å². The van der Waals surface area contributed by atoms with Gasteiger partial charge in [-0.05, 0) is 49.8 Å². The third-order valence-electron chi connectivity index (χ3n) is 5.44. The van der Waals surface area contributed by atoms with E-state index < -0.39 is 0 Å². The second kappa shape index (κ2) is 8.24. The molecule has 0 fully saturated rings. The zero-order chi connectivity index (χ0) is 21.2. The fourth-order valence-corrected chi connectivity index (χ4v) is 3.90. The molecule has 0 atom stereocenters. The first-order valence-corrected chi connectivity index (χ1v) is 10.1. The molecule has 0 amide bonds. The first-order valence-electron chi connectivity index (χ1n) is 10.1. The highest BCUT2D eigenvalue weighted by Crippen LogP contribution is 2.42. The predicted molar refractivity (Wildman–Crippen MR) is 121 cm³/mol. The van der Waals surface area contributed by atoms with Crippen molar-refractivity contribution in [3.63, 3.8) is 0 Å². The van der Waals surface area contributed by atoms with Crippen molar-refractivity contribution in [3.05, 3.63) is 59.7 Å². The minimum Gasteiger partial charge on any atom is -0.429 e. The first kappa shape index (κ1) is 20.8. The molecule has 0 saturated carbocycles. The molecule has 2 aromatic rings. The van der Waals surface area contributed by atoms with Crippen molar-refractivity contribution < 1.29 is 14.1 Å². The van der Waals surface area contributed by atoms with Crippen LogP contribution in [0.1, 0.15) is 38.8 Å². The zero-order valence-corrected chi connectivity index (χ0v) is 18.3. The molecular weight excluding hydrogens is 360 g/mol. The lowest BCUT2D eigenvalue weighted by Gasteiger charge is -2.16. The van der Waals surface area contributed by atoms with Crippen LogP contribution in [0.5, 0.6) is 5.75 Å². The van der Waals surface area contributed by atoms with Crippen LogP contribution < -0.4 is 9.64 Å². The summed E-state index contributed by atoms with van der Waals surface area (Å²) in [6.45, 7) is 10.3. The van der Waals surface area contributed by atoms with Gasteiger partial charge in [0.1, 0.15) is 5.75 Å². The molecule has 1 aliphatic heterocycles. The predicted octanol–water partition coefficient (Wildman–Crippen LogP) is 5.03. The van der Waals surface area contributed by atoms with Crippen LogP contribution in [0.3, 0.4) is 0 Å². The summed E-state index contributed by atoms with van der Waals surface area (Å²) in [4.78, 5) is 12.9. The minimum absolute atomic E-state index is 0.188. The Balaban J connectivity index is 2.02. The van der Waals surface area contributed by atoms with Crippen molar-refractivity contribution in [2.75, 3.05) is 25.5 Å². The van der Waals surface area contributed by atoms with E-state index in [1.807, 2.05) is 26.2 Å². The van der Waals surface area contributed by atoms with Gasteiger partial charge in [-0.3, -0.25) is 4.79 Å². The molecule has 0 radical (unpaired) electrons. The molecule has 29 heavy (non-hydrogen) atoms. The van der Waals surface area contributed by atoms with E-state index >= 15 is 0 Å². The number of rotatable bonds is 7. The Morgan fingerprint density at radius 1 is 1.07 bits per heavy atom. The van der Waals surface area contributed by atoms with E-state index in [0.29, 0.717) is 18.1 Å². The second-order valence-electron chi connectivity index (χ2n) is 8.73. The van der Waals surface area contributed by atoms with Gasteiger partial charge >= 0.3 is 0 Å². The van der Waals surface area contributed by atoms with E-state index in [9.17, 15) is 4.79 Å². The van der Waals surface area contributed by atoms with Crippen molar-refractivity contribution in [1.82, 2.24) is 0 Å². The number of fused-ring (bicyclic) bond motifs is 1. The Morgan fingerprint density at radius 2 is 1.76 bits per heavy atom. The van der Waals surface area contributed by atoms with E-state index in [1.54, 1.807) is 0 Å². The molecule has 0 bridgehead atoms. The lowest BCUT2D eigenvalue weighted by atomic mass is 9.81. The number of nitrogens with zero attached hydrogens (tertiary/aromatic N) is 2. The Kier molecular flexibility index (Phi) is 5.92. The third-order valence-corrected chi connectivity index (χ3v) is 5.44. The van der Waals surface area contributed by atoms with Crippen LogP contribution in [0.4, 0.5) is 11.4 Å². The monoisotopic (exact) mass is 391 g/mol. The molecule has 152 valence electrons. The number of carbonyl (C=O) groups is 1. The van der Waals surface area contributed by atoms with Crippen molar-refractivity contribution >= 4 is 29.6 Å². The average molecular weight is 392 g/mol. The number of hydrogen-bond acceptors (Lipinski definition) is 3. The molecule has 4 nitrogen and oxygen atoms in total. The Labute approximate surface area is 174 Å². The van der Waals surface area contributed by atoms with Crippen LogP contribution in [0, 0.1) is 5.92 Å². The van der Waals surface area contributed by atoms with Gasteiger partial charge in [-0.15, -0.1) is 0 Å². The first-order chi connectivity index (χ1) is 13.7. The van der Waals surface area contributed by atoms with Gasteiger partial charge in [0.25, 0.3) is 6.47 Å². The minimum atomic E-state index is -0.188. The van der Waals surface area contributed by atoms with E-state index in [-0.39, 0.29) is 5.41 Å². The van der Waals surface area contributed by atoms with Crippen LogP contribution in [0.15, 0.2) is 48.5 Å². The Hall–Kier alpha value is -2.88. The molecule has 1 heterocycles. The molecule has 0 aromatic heterocycles. The van der Waals surface area contributed by atoms with Crippen molar-refractivity contribution in [1.29, 1.82) is 0 Å². The quantitative estimate of drug-likeness (QED) is 0.490. The maximum atomic E-state index is 10.8. The molecule has 2 aromatic carbocycles. The topological polar surface area (TPSA) is 32.5 Å². The molecule has 0 spiro atoms. The van der Waals surface area contributed by atoms with E-state index in [4.69, 9.17) is 4.74 Å². The Bertz CT molecular complexity index is 951. The Morgan fingerprint density at radius 3 is 2.34 bits per heavy atom. The van der Waals surface area contributed by atoms with Crippen LogP contribution in [-0.4, -0.2) is 37.4 Å². The summed E-state index contributed by atoms with van der Waals surface area (Å²) in [5, 5.41) is 0. The van der Waals surface area contributed by atoms with Gasteiger partial charge in [0.15, 0.2) is 12.3 Å². The van der Waals surface area contributed by atoms with Gasteiger partial charge in [0.2, 0.25) is 5.69 Å². The molecule has 3 rings (SSSR count). The summed E-state index contributed by atoms with van der Waals surface area (Å²) in [6.07, 6.45) is 4.41. The number of ether oxygens (including phenoxy) is 1. The number of carbonyl (C=O) groups excluding carboxylic acids is 1. The van der Waals surface area contributed by atoms with Crippen molar-refractivity contribution in [2.45, 2.75) is 33.1 Å². The van der Waals surface area contributed by atoms with Gasteiger partial charge in [-0.25, -0.2) is 0 Å². The normalized spacial score (nSPS) is 15.1. The molecular formula is C25H31N2O2+. The number of allylic oxidation sites excluding steroid dienone is 1. The molecule has 1 aliphatic rings. The number of hydrogen-bond donors (Lipinski definition) is 0. The summed E-state index contributed by atoms with van der Waals surface area (Å²) in [5.74, 6) is 1.10. The SMILES string of the molecule is CC(C)C[N+]1=C(C=Cc2ccc(N(C)C)cc2)C(C)(C)c2cc(OC=O)ccc21. The van der Waals surface area contributed by atoms with Crippen LogP contribution in [-0.2, 0) is 10.2 Å². The fourth-order valence-electron chi connectivity index (χ4n) is 3.90. The molecule has 4 heteroatoms. The van der Waals surface area contributed by atoms with Crippen molar-refractivity contribution in [3.8, 4) is 5.75 Å². The molecule has 0 aliphatic carbocycles. The highest BCUT2D eigenvalue weighted by molar-refractivity contribution is 6.05. The standard InChI is InChI=1S/C25H31N2O2/c1-18(2)16-27-23-13-12-21(29-17-28)15-22(23)25(3,4)24(27)14-9-19-7-10-20(11-8-19)26(5)6/h7-15,17-18H,16H2,1-6H3/q+1. The second-order valence-corrected chi connectivity index (χ2v) is 8.73. The van der Waals surface area contributed by atoms with Crippen LogP contribution >= 0.6 is 0 Å². The lowest BCUT2D eigenvalue weighted by Crippen LogP contribution is -2.28. The van der Waals surface area contributed by atoms with Crippen LogP contribution in [0.2, 0.25) is 0 Å². The van der Waals surface area contributed by atoms with Gasteiger partial charge < -0.3 is 9.64 Å². The average Bonchev–Trinajstić information content (AvgIpc) is 2.87. The molecule has 0 unspecified atom stereocenters. The maximum absolute atomic E-state index is 10.8. The summed E-state index contributed by atoms with van der Waals surface area (Å²) in [5.41, 5.74) is 5.79. The highest BCUT2D eigenvalue weighted by Gasteiger charge is 2.44. The zero-order valence-electron chi connectivity index (χ0n) is 18.3. The number of benzene rings is 2. The summed E-state index contributed by atoms with van der Waals surface area (Å²) in [6, 6.07) is 14.5. The summed E-state index contributed by atoms with van der Waals surface area (Å²) < 4.78 is 7.50. The van der Waals surface area contributed by atoms with Crippen molar-refractivity contribution in [2.24, 2.45) is 5.92 Å². The van der Waals surface area contributed by atoms with E-state index in [0.717, 1.165) is 6.54 Å². The number of anilines is 1. The summed E-state index contributed by atoms with van der Waals surface area (Å²) in [7, 11) is 4.09. The molecule has 0 saturated heterocycles. The van der Waals surface area contributed by atoms with Gasteiger partial charge in [0, 0.05) is 43.4 Å². The molecule has 0 N–H and O–H groups in total. The van der Waals surface area contributed by atoms with Gasteiger partial charge in [-0.1, -0.05) is 26.0 Å².